The highest BCUT2D eigenvalue weighted by Crippen LogP contribution is 2.40. The Morgan fingerprint density at radius 2 is 1.81 bits per heavy atom. The smallest absolute Gasteiger partial charge is 0.404 e. The van der Waals surface area contributed by atoms with Crippen LogP contribution in [0.15, 0.2) is 29.2 Å². The van der Waals surface area contributed by atoms with E-state index in [4.69, 9.17) is 0 Å². The van der Waals surface area contributed by atoms with E-state index in [2.05, 4.69) is 4.74 Å². The maximum absolute atomic E-state index is 12.8. The fourth-order valence-electron chi connectivity index (χ4n) is 3.42. The molecule has 0 bridgehead atoms. The predicted molar refractivity (Wildman–Crippen MR) is 89.1 cm³/mol. The van der Waals surface area contributed by atoms with Gasteiger partial charge in [-0.05, 0) is 38.3 Å². The molecule has 1 saturated heterocycles. The van der Waals surface area contributed by atoms with E-state index in [1.165, 1.54) is 19.1 Å². The normalized spacial score (nSPS) is 18.5. The van der Waals surface area contributed by atoms with Gasteiger partial charge in [-0.15, -0.1) is 13.2 Å². The van der Waals surface area contributed by atoms with Crippen LogP contribution >= 0.6 is 0 Å². The van der Waals surface area contributed by atoms with Gasteiger partial charge in [-0.2, -0.15) is 4.31 Å². The number of rotatable bonds is 6. The number of sulfonamides is 1. The highest BCUT2D eigenvalue weighted by molar-refractivity contribution is 7.89. The Morgan fingerprint density at radius 1 is 1.23 bits per heavy atom. The lowest BCUT2D eigenvalue weighted by Crippen LogP contribution is -2.46. The lowest BCUT2D eigenvalue weighted by Gasteiger charge is -2.39. The Bertz CT molecular complexity index is 754. The number of ether oxygens (including phenoxy) is 1. The van der Waals surface area contributed by atoms with E-state index < -0.39 is 32.4 Å². The van der Waals surface area contributed by atoms with Gasteiger partial charge < -0.3 is 4.74 Å². The van der Waals surface area contributed by atoms with Gasteiger partial charge >= 0.3 is 6.36 Å². The first-order valence-corrected chi connectivity index (χ1v) is 9.82. The van der Waals surface area contributed by atoms with Crippen molar-refractivity contribution < 1.29 is 31.1 Å². The molecule has 0 amide bonds. The van der Waals surface area contributed by atoms with Gasteiger partial charge in [-0.1, -0.05) is 25.5 Å². The van der Waals surface area contributed by atoms with Gasteiger partial charge in [0.2, 0.25) is 10.0 Å². The zero-order chi connectivity index (χ0) is 19.6. The number of halogens is 3. The second kappa shape index (κ2) is 7.56. The van der Waals surface area contributed by atoms with Crippen molar-refractivity contribution in [2.75, 3.05) is 13.1 Å². The predicted octanol–water partition coefficient (Wildman–Crippen LogP) is 3.75. The van der Waals surface area contributed by atoms with Gasteiger partial charge in [0.25, 0.3) is 0 Å². The summed E-state index contributed by atoms with van der Waals surface area (Å²) >= 11 is 0. The highest BCUT2D eigenvalue weighted by atomic mass is 32.2. The number of benzene rings is 1. The average molecular weight is 393 g/mol. The summed E-state index contributed by atoms with van der Waals surface area (Å²) in [6, 6.07) is 4.69. The lowest BCUT2D eigenvalue weighted by molar-refractivity contribution is -0.275. The van der Waals surface area contributed by atoms with Crippen molar-refractivity contribution in [3.8, 4) is 5.75 Å². The fourth-order valence-corrected chi connectivity index (χ4v) is 4.98. The average Bonchev–Trinajstić information content (AvgIpc) is 2.54. The van der Waals surface area contributed by atoms with Crippen LogP contribution in [-0.4, -0.2) is 38.0 Å². The Kier molecular flexibility index (Phi) is 6.02. The van der Waals surface area contributed by atoms with Crippen LogP contribution in [0.3, 0.4) is 0 Å². The Labute approximate surface area is 151 Å². The van der Waals surface area contributed by atoms with Crippen LogP contribution < -0.4 is 4.74 Å². The minimum Gasteiger partial charge on any atom is -0.404 e. The first kappa shape index (κ1) is 20.7. The quantitative estimate of drug-likeness (QED) is 0.739. The van der Waals surface area contributed by atoms with Crippen LogP contribution in [0.5, 0.6) is 5.75 Å². The molecule has 0 unspecified atom stereocenters. The van der Waals surface area contributed by atoms with Crippen molar-refractivity contribution in [1.82, 2.24) is 4.31 Å². The van der Waals surface area contributed by atoms with Crippen molar-refractivity contribution in [2.24, 2.45) is 5.41 Å². The summed E-state index contributed by atoms with van der Waals surface area (Å²) in [4.78, 5) is 11.5. The number of piperidine rings is 1. The van der Waals surface area contributed by atoms with Gasteiger partial charge in [-0.25, -0.2) is 8.42 Å². The molecule has 0 atom stereocenters. The minimum atomic E-state index is -4.99. The lowest BCUT2D eigenvalue weighted by atomic mass is 9.72. The SMILES string of the molecule is CCCC1(C(C)=O)CCN(S(=O)(=O)c2ccccc2OC(F)(F)F)CC1. The van der Waals surface area contributed by atoms with Crippen LogP contribution in [0.2, 0.25) is 0 Å². The molecule has 9 heteroatoms. The number of carbonyl (C=O) groups excluding carboxylic acids is 1. The summed E-state index contributed by atoms with van der Waals surface area (Å²) in [5.41, 5.74) is -0.553. The fraction of sp³-hybridized carbons (Fsp3) is 0.588. The molecule has 0 N–H and O–H groups in total. The van der Waals surface area contributed by atoms with Crippen LogP contribution in [0, 0.1) is 5.41 Å². The zero-order valence-electron chi connectivity index (χ0n) is 14.7. The Hall–Kier alpha value is -1.61. The number of nitrogens with zero attached hydrogens (tertiary/aromatic N) is 1. The molecule has 2 rings (SSSR count). The molecule has 1 aromatic carbocycles. The monoisotopic (exact) mass is 393 g/mol. The Balaban J connectivity index is 2.27. The second-order valence-electron chi connectivity index (χ2n) is 6.49. The molecule has 26 heavy (non-hydrogen) atoms. The molecule has 0 radical (unpaired) electrons. The molecule has 0 aliphatic carbocycles. The maximum Gasteiger partial charge on any atom is 0.573 e. The number of Topliss-reactive ketones (excluding diaryl/α,β-unsaturated/α-hetero) is 1. The third kappa shape index (κ3) is 4.37. The zero-order valence-corrected chi connectivity index (χ0v) is 15.5. The molecule has 146 valence electrons. The number of hydrogen-bond acceptors (Lipinski definition) is 4. The van der Waals surface area contributed by atoms with E-state index in [0.29, 0.717) is 19.3 Å². The summed E-state index contributed by atoms with van der Waals surface area (Å²) in [6.07, 6.45) is -2.80. The van der Waals surface area contributed by atoms with Crippen molar-refractivity contribution in [2.45, 2.75) is 50.8 Å². The van der Waals surface area contributed by atoms with Crippen molar-refractivity contribution in [3.05, 3.63) is 24.3 Å². The molecule has 1 aliphatic heterocycles. The third-order valence-corrected chi connectivity index (χ3v) is 6.79. The molecular formula is C17H22F3NO4S. The van der Waals surface area contributed by atoms with Gasteiger partial charge in [0, 0.05) is 18.5 Å². The van der Waals surface area contributed by atoms with Crippen molar-refractivity contribution in [1.29, 1.82) is 0 Å². The number of carbonyl (C=O) groups is 1. The van der Waals surface area contributed by atoms with E-state index in [-0.39, 0.29) is 18.9 Å². The number of hydrogen-bond donors (Lipinski definition) is 0. The molecule has 1 aromatic rings. The van der Waals surface area contributed by atoms with E-state index in [1.807, 2.05) is 6.92 Å². The molecule has 0 saturated carbocycles. The van der Waals surface area contributed by atoms with Gasteiger partial charge in [0.15, 0.2) is 0 Å². The largest absolute Gasteiger partial charge is 0.573 e. The van der Waals surface area contributed by atoms with Crippen molar-refractivity contribution >= 4 is 15.8 Å². The number of alkyl halides is 3. The van der Waals surface area contributed by atoms with Crippen LogP contribution in [-0.2, 0) is 14.8 Å². The van der Waals surface area contributed by atoms with Gasteiger partial charge in [0.05, 0.1) is 0 Å². The van der Waals surface area contributed by atoms with Crippen molar-refractivity contribution in [3.63, 3.8) is 0 Å². The van der Waals surface area contributed by atoms with Crippen LogP contribution in [0.4, 0.5) is 13.2 Å². The van der Waals surface area contributed by atoms with E-state index in [9.17, 15) is 26.4 Å². The molecule has 1 aliphatic rings. The first-order chi connectivity index (χ1) is 12.0. The molecule has 1 heterocycles. The first-order valence-electron chi connectivity index (χ1n) is 8.38. The molecule has 5 nitrogen and oxygen atoms in total. The van der Waals surface area contributed by atoms with E-state index in [1.54, 1.807) is 0 Å². The van der Waals surface area contributed by atoms with Gasteiger partial charge in [-0.3, -0.25) is 4.79 Å². The maximum atomic E-state index is 12.8. The van der Waals surface area contributed by atoms with Crippen LogP contribution in [0.1, 0.15) is 39.5 Å². The van der Waals surface area contributed by atoms with E-state index >= 15 is 0 Å². The third-order valence-electron chi connectivity index (χ3n) is 4.85. The molecular weight excluding hydrogens is 371 g/mol. The number of ketones is 1. The van der Waals surface area contributed by atoms with E-state index in [0.717, 1.165) is 22.9 Å². The minimum absolute atomic E-state index is 0.0252. The molecule has 0 spiro atoms. The number of para-hydroxylation sites is 1. The summed E-state index contributed by atoms with van der Waals surface area (Å²) in [7, 11) is -4.16. The standard InChI is InChI=1S/C17H22F3NO4S/c1-3-8-16(13(2)22)9-11-21(12-10-16)26(23,24)15-7-5-4-6-14(15)25-17(18,19)20/h4-7H,3,8-12H2,1-2H3. The summed E-state index contributed by atoms with van der Waals surface area (Å²) < 4.78 is 68.3. The van der Waals surface area contributed by atoms with Crippen LogP contribution in [0.25, 0.3) is 0 Å². The summed E-state index contributed by atoms with van der Waals surface area (Å²) in [5, 5.41) is 0. The van der Waals surface area contributed by atoms with Gasteiger partial charge in [0.1, 0.15) is 16.4 Å². The second-order valence-corrected chi connectivity index (χ2v) is 8.39. The summed E-state index contributed by atoms with van der Waals surface area (Å²) in [6.45, 7) is 3.63. The summed E-state index contributed by atoms with van der Waals surface area (Å²) in [5.74, 6) is -0.728. The highest BCUT2D eigenvalue weighted by Gasteiger charge is 2.42. The topological polar surface area (TPSA) is 63.7 Å². The Morgan fingerprint density at radius 3 is 2.31 bits per heavy atom. The molecule has 0 aromatic heterocycles. The molecule has 1 fully saturated rings.